The van der Waals surface area contributed by atoms with Gasteiger partial charge in [0.1, 0.15) is 11.2 Å². The highest BCUT2D eigenvalue weighted by atomic mass is 16.1. The minimum absolute atomic E-state index is 0.0211. The van der Waals surface area contributed by atoms with Gasteiger partial charge in [0.2, 0.25) is 0 Å². The maximum atomic E-state index is 12.3. The van der Waals surface area contributed by atoms with Gasteiger partial charge < -0.3 is 4.98 Å². The van der Waals surface area contributed by atoms with Gasteiger partial charge in [-0.05, 0) is 30.3 Å². The summed E-state index contributed by atoms with van der Waals surface area (Å²) in [6, 6.07) is 15.8. The van der Waals surface area contributed by atoms with E-state index in [0.717, 1.165) is 16.9 Å². The van der Waals surface area contributed by atoms with Crippen LogP contribution < -0.4 is 5.56 Å². The van der Waals surface area contributed by atoms with Crippen LogP contribution >= 0.6 is 0 Å². The van der Waals surface area contributed by atoms with Crippen molar-refractivity contribution >= 4 is 16.7 Å². The summed E-state index contributed by atoms with van der Waals surface area (Å²) in [6.07, 6.45) is 3.59. The maximum absolute atomic E-state index is 12.3. The molecule has 0 bridgehead atoms. The maximum Gasteiger partial charge on any atom is 0.282 e. The number of hydrogen-bond acceptors (Lipinski definition) is 1. The predicted molar refractivity (Wildman–Crippen MR) is 74.9 cm³/mol. The van der Waals surface area contributed by atoms with E-state index in [9.17, 15) is 4.79 Å². The zero-order valence-electron chi connectivity index (χ0n) is 10.1. The van der Waals surface area contributed by atoms with Gasteiger partial charge in [-0.1, -0.05) is 18.2 Å². The van der Waals surface area contributed by atoms with E-state index in [1.54, 1.807) is 16.8 Å². The summed E-state index contributed by atoms with van der Waals surface area (Å²) in [5.41, 5.74) is 3.39. The minimum Gasteiger partial charge on any atom is -0.355 e. The van der Waals surface area contributed by atoms with Crippen LogP contribution in [0.2, 0.25) is 0 Å². The van der Waals surface area contributed by atoms with E-state index < -0.39 is 0 Å². The third-order valence-electron chi connectivity index (χ3n) is 3.37. The topological polar surface area (TPSA) is 42.2 Å². The van der Waals surface area contributed by atoms with Gasteiger partial charge >= 0.3 is 0 Å². The van der Waals surface area contributed by atoms with Crippen LogP contribution in [0, 0.1) is 0 Å². The zero-order chi connectivity index (χ0) is 12.8. The lowest BCUT2D eigenvalue weighted by atomic mass is 10.3. The highest BCUT2D eigenvalue weighted by Crippen LogP contribution is 2.19. The van der Waals surface area contributed by atoms with Crippen molar-refractivity contribution in [2.75, 3.05) is 0 Å². The quantitative estimate of drug-likeness (QED) is 0.553. The molecule has 0 unspecified atom stereocenters. The first-order chi connectivity index (χ1) is 9.36. The molecule has 4 rings (SSSR count). The second-order valence-corrected chi connectivity index (χ2v) is 4.45. The number of rotatable bonds is 1. The van der Waals surface area contributed by atoms with Crippen LogP contribution in [0.25, 0.3) is 22.4 Å². The Hall–Kier alpha value is -2.75. The molecule has 3 aromatic heterocycles. The number of nitrogens with zero attached hydrogens (tertiary/aromatic N) is 2. The molecule has 0 radical (unpaired) electrons. The highest BCUT2D eigenvalue weighted by Gasteiger charge is 2.11. The number of fused-ring (bicyclic) bond motifs is 2. The first-order valence-corrected chi connectivity index (χ1v) is 6.11. The summed E-state index contributed by atoms with van der Waals surface area (Å²) < 4.78 is 3.74. The van der Waals surface area contributed by atoms with E-state index in [-0.39, 0.29) is 5.56 Å². The van der Waals surface area contributed by atoms with Crippen LogP contribution in [0.4, 0.5) is 0 Å². The lowest BCUT2D eigenvalue weighted by Crippen LogP contribution is -2.16. The summed E-state index contributed by atoms with van der Waals surface area (Å²) in [4.78, 5) is 15.3. The third-order valence-corrected chi connectivity index (χ3v) is 3.37. The Morgan fingerprint density at radius 3 is 2.63 bits per heavy atom. The van der Waals surface area contributed by atoms with Gasteiger partial charge in [0, 0.05) is 18.1 Å². The molecule has 4 heteroatoms. The van der Waals surface area contributed by atoms with Gasteiger partial charge in [0.15, 0.2) is 0 Å². The van der Waals surface area contributed by atoms with Crippen molar-refractivity contribution < 1.29 is 0 Å². The average Bonchev–Trinajstić information content (AvgIpc) is 3.09. The van der Waals surface area contributed by atoms with Gasteiger partial charge in [-0.2, -0.15) is 0 Å². The Kier molecular flexibility index (Phi) is 1.94. The van der Waals surface area contributed by atoms with Crippen molar-refractivity contribution in [3.8, 4) is 5.69 Å². The van der Waals surface area contributed by atoms with Crippen molar-refractivity contribution in [3.05, 3.63) is 71.3 Å². The van der Waals surface area contributed by atoms with E-state index in [1.165, 1.54) is 0 Å². The van der Waals surface area contributed by atoms with Crippen LogP contribution in [0.5, 0.6) is 0 Å². The van der Waals surface area contributed by atoms with Crippen molar-refractivity contribution in [2.24, 2.45) is 0 Å². The average molecular weight is 249 g/mol. The molecule has 0 saturated heterocycles. The summed E-state index contributed by atoms with van der Waals surface area (Å²) in [7, 11) is 0. The fraction of sp³-hybridized carbons (Fsp3) is 0. The first-order valence-electron chi connectivity index (χ1n) is 6.11. The number of aromatic nitrogens is 3. The molecule has 19 heavy (non-hydrogen) atoms. The zero-order valence-corrected chi connectivity index (χ0v) is 10.1. The van der Waals surface area contributed by atoms with Crippen molar-refractivity contribution in [3.63, 3.8) is 0 Å². The lowest BCUT2D eigenvalue weighted by molar-refractivity contribution is 1.02. The minimum atomic E-state index is -0.0211. The molecule has 3 heterocycles. The van der Waals surface area contributed by atoms with Crippen LogP contribution in [-0.2, 0) is 0 Å². The molecule has 92 valence electrons. The molecule has 4 nitrogen and oxygen atoms in total. The second-order valence-electron chi connectivity index (χ2n) is 4.45. The van der Waals surface area contributed by atoms with E-state index >= 15 is 0 Å². The number of benzene rings is 1. The normalized spacial score (nSPS) is 11.4. The SMILES string of the molecule is O=c1c2[nH]ccc2n(-c2ccccc2)c2cccn12. The molecule has 0 amide bonds. The molecule has 0 fully saturated rings. The number of para-hydroxylation sites is 1. The molecule has 1 N–H and O–H groups in total. The van der Waals surface area contributed by atoms with Crippen LogP contribution in [-0.4, -0.2) is 14.0 Å². The molecule has 0 atom stereocenters. The van der Waals surface area contributed by atoms with E-state index in [4.69, 9.17) is 0 Å². The van der Waals surface area contributed by atoms with E-state index in [2.05, 4.69) is 9.55 Å². The molecule has 4 aromatic rings. The Balaban J connectivity index is 2.29. The van der Waals surface area contributed by atoms with Crippen LogP contribution in [0.15, 0.2) is 65.7 Å². The smallest absolute Gasteiger partial charge is 0.282 e. The number of H-pyrrole nitrogens is 1. The fourth-order valence-electron chi connectivity index (χ4n) is 2.54. The Bertz CT molecular complexity index is 874. The Morgan fingerprint density at radius 2 is 1.79 bits per heavy atom. The molecule has 0 aliphatic heterocycles. The second kappa shape index (κ2) is 3.62. The Morgan fingerprint density at radius 1 is 0.947 bits per heavy atom. The summed E-state index contributed by atoms with van der Waals surface area (Å²) >= 11 is 0. The third kappa shape index (κ3) is 1.31. The first kappa shape index (κ1) is 10.2. The largest absolute Gasteiger partial charge is 0.355 e. The molecule has 0 spiro atoms. The summed E-state index contributed by atoms with van der Waals surface area (Å²) in [5.74, 6) is 0. The van der Waals surface area contributed by atoms with Gasteiger partial charge in [0.05, 0.1) is 5.52 Å². The van der Waals surface area contributed by atoms with Crippen LogP contribution in [0.3, 0.4) is 0 Å². The van der Waals surface area contributed by atoms with Crippen LogP contribution in [0.1, 0.15) is 0 Å². The number of hydrogen-bond donors (Lipinski definition) is 1. The van der Waals surface area contributed by atoms with Gasteiger partial charge in [-0.15, -0.1) is 0 Å². The molecule has 1 aromatic carbocycles. The fourth-order valence-corrected chi connectivity index (χ4v) is 2.54. The van der Waals surface area contributed by atoms with Gasteiger partial charge in [-0.3, -0.25) is 13.8 Å². The van der Waals surface area contributed by atoms with Crippen molar-refractivity contribution in [2.45, 2.75) is 0 Å². The number of aromatic amines is 1. The van der Waals surface area contributed by atoms with Gasteiger partial charge in [0.25, 0.3) is 5.56 Å². The number of nitrogens with one attached hydrogen (secondary N) is 1. The summed E-state index contributed by atoms with van der Waals surface area (Å²) in [5, 5.41) is 0. The van der Waals surface area contributed by atoms with Crippen molar-refractivity contribution in [1.29, 1.82) is 0 Å². The Labute approximate surface area is 108 Å². The van der Waals surface area contributed by atoms with E-state index in [1.807, 2.05) is 48.5 Å². The lowest BCUT2D eigenvalue weighted by Gasteiger charge is -2.11. The van der Waals surface area contributed by atoms with Gasteiger partial charge in [-0.25, -0.2) is 0 Å². The molecule has 0 aliphatic carbocycles. The monoisotopic (exact) mass is 249 g/mol. The molecule has 0 aliphatic rings. The standard InChI is InChI=1S/C15H11N3O/c19-15-14-12(8-9-16-14)18(11-5-2-1-3-6-11)13-7-4-10-17(13)15/h1-10,16H. The predicted octanol–water partition coefficient (Wildman–Crippen LogP) is 2.57. The molecular weight excluding hydrogens is 238 g/mol. The summed E-state index contributed by atoms with van der Waals surface area (Å²) in [6.45, 7) is 0. The van der Waals surface area contributed by atoms with Crippen molar-refractivity contribution in [1.82, 2.24) is 14.0 Å². The van der Waals surface area contributed by atoms with E-state index in [0.29, 0.717) is 5.52 Å². The highest BCUT2D eigenvalue weighted by molar-refractivity contribution is 5.80. The molecule has 0 saturated carbocycles. The molecular formula is C15H11N3O.